The molecule has 0 aliphatic heterocycles. The highest BCUT2D eigenvalue weighted by Gasteiger charge is 2.07. The molecule has 1 N–H and O–H groups in total. The zero-order chi connectivity index (χ0) is 14.8. The first kappa shape index (κ1) is 17.9. The first-order chi connectivity index (χ1) is 8.90. The summed E-state index contributed by atoms with van der Waals surface area (Å²) in [7, 11) is 9.76. The van der Waals surface area contributed by atoms with Gasteiger partial charge in [-0.05, 0) is 27.9 Å². The van der Waals surface area contributed by atoms with Crippen LogP contribution in [0.3, 0.4) is 0 Å². The van der Waals surface area contributed by atoms with Crippen LogP contribution in [0.4, 0.5) is 0 Å². The lowest BCUT2D eigenvalue weighted by molar-refractivity contribution is 0.179. The van der Waals surface area contributed by atoms with Gasteiger partial charge in [-0.2, -0.15) is 0 Å². The molecule has 0 radical (unpaired) electrons. The summed E-state index contributed by atoms with van der Waals surface area (Å²) in [4.78, 5) is 8.66. The lowest BCUT2D eigenvalue weighted by atomic mass is 10.2. The predicted octanol–water partition coefficient (Wildman–Crippen LogP) is 1.04. The minimum absolute atomic E-state index is 0.249. The van der Waals surface area contributed by atoms with Crippen LogP contribution in [0.5, 0.6) is 0 Å². The van der Waals surface area contributed by atoms with E-state index in [-0.39, 0.29) is 6.04 Å². The first-order valence-electron chi connectivity index (χ1n) is 6.66. The lowest BCUT2D eigenvalue weighted by Crippen LogP contribution is -2.36. The van der Waals surface area contributed by atoms with Gasteiger partial charge < -0.3 is 19.9 Å². The molecule has 5 heteroatoms. The lowest BCUT2D eigenvalue weighted by Gasteiger charge is -2.20. The Morgan fingerprint density at radius 3 is 2.42 bits per heavy atom. The molecule has 5 nitrogen and oxygen atoms in total. The number of methoxy groups -OCH3 is 1. The van der Waals surface area contributed by atoms with Crippen molar-refractivity contribution in [2.45, 2.75) is 19.9 Å². The number of amidine groups is 1. The van der Waals surface area contributed by atoms with Gasteiger partial charge in [-0.25, -0.2) is 0 Å². The standard InChI is InChI=1S/C14H30N4O/c1-12(10-18(6)9-8-17(4)5)14(15-3)16-13(2)11-19-7/h10,13H,8-9,11H2,1-7H3,(H,15,16)/b12-10+/t13-/m1/s1. The minimum atomic E-state index is 0.249. The highest BCUT2D eigenvalue weighted by atomic mass is 16.5. The van der Waals surface area contributed by atoms with E-state index in [2.05, 4.69) is 61.3 Å². The molecule has 0 amide bonds. The molecule has 0 saturated heterocycles. The van der Waals surface area contributed by atoms with Gasteiger partial charge >= 0.3 is 0 Å². The van der Waals surface area contributed by atoms with Crippen molar-refractivity contribution in [3.05, 3.63) is 11.8 Å². The monoisotopic (exact) mass is 270 g/mol. The maximum atomic E-state index is 5.12. The normalized spacial score (nSPS) is 14.7. The average molecular weight is 270 g/mol. The molecule has 0 fully saturated rings. The fourth-order valence-electron chi connectivity index (χ4n) is 1.69. The van der Waals surface area contributed by atoms with Crippen molar-refractivity contribution in [2.75, 3.05) is 55.0 Å². The molecule has 0 aromatic heterocycles. The Balaban J connectivity index is 4.44. The molecular weight excluding hydrogens is 240 g/mol. The van der Waals surface area contributed by atoms with E-state index in [1.54, 1.807) is 14.2 Å². The van der Waals surface area contributed by atoms with Gasteiger partial charge in [0.1, 0.15) is 5.84 Å². The zero-order valence-corrected chi connectivity index (χ0v) is 13.5. The Hall–Kier alpha value is -1.07. The molecule has 19 heavy (non-hydrogen) atoms. The van der Waals surface area contributed by atoms with Crippen LogP contribution >= 0.6 is 0 Å². The Morgan fingerprint density at radius 2 is 1.95 bits per heavy atom. The fourth-order valence-corrected chi connectivity index (χ4v) is 1.69. The third-order valence-corrected chi connectivity index (χ3v) is 2.71. The summed E-state index contributed by atoms with van der Waals surface area (Å²) in [5.74, 6) is 0.918. The molecule has 0 spiro atoms. The van der Waals surface area contributed by atoms with E-state index in [0.717, 1.165) is 24.5 Å². The molecule has 0 bridgehead atoms. The number of ether oxygens (including phenoxy) is 1. The topological polar surface area (TPSA) is 40.1 Å². The maximum Gasteiger partial charge on any atom is 0.125 e. The van der Waals surface area contributed by atoms with Gasteiger partial charge in [0.2, 0.25) is 0 Å². The van der Waals surface area contributed by atoms with E-state index in [9.17, 15) is 0 Å². The van der Waals surface area contributed by atoms with Gasteiger partial charge in [-0.3, -0.25) is 4.99 Å². The summed E-state index contributed by atoms with van der Waals surface area (Å²) < 4.78 is 5.12. The second-order valence-corrected chi connectivity index (χ2v) is 5.17. The first-order valence-corrected chi connectivity index (χ1v) is 6.66. The van der Waals surface area contributed by atoms with Crippen LogP contribution in [0.15, 0.2) is 16.8 Å². The van der Waals surface area contributed by atoms with Crippen LogP contribution in [0.2, 0.25) is 0 Å². The Morgan fingerprint density at radius 1 is 1.32 bits per heavy atom. The van der Waals surface area contributed by atoms with E-state index >= 15 is 0 Å². The molecule has 0 aromatic carbocycles. The van der Waals surface area contributed by atoms with Crippen LogP contribution in [0.1, 0.15) is 13.8 Å². The Kier molecular flexibility index (Phi) is 9.26. The third kappa shape index (κ3) is 8.61. The van der Waals surface area contributed by atoms with Gasteiger partial charge in [0, 0.05) is 52.1 Å². The quantitative estimate of drug-likeness (QED) is 0.528. The van der Waals surface area contributed by atoms with Crippen molar-refractivity contribution >= 4 is 5.84 Å². The van der Waals surface area contributed by atoms with Crippen molar-refractivity contribution in [1.82, 2.24) is 15.1 Å². The summed E-state index contributed by atoms with van der Waals surface area (Å²) in [6.45, 7) is 6.85. The smallest absolute Gasteiger partial charge is 0.125 e. The van der Waals surface area contributed by atoms with E-state index in [4.69, 9.17) is 4.74 Å². The number of rotatable bonds is 8. The maximum absolute atomic E-state index is 5.12. The average Bonchev–Trinajstić information content (AvgIpc) is 2.33. The molecule has 0 aliphatic rings. The highest BCUT2D eigenvalue weighted by Crippen LogP contribution is 1.99. The largest absolute Gasteiger partial charge is 0.383 e. The predicted molar refractivity (Wildman–Crippen MR) is 82.8 cm³/mol. The van der Waals surface area contributed by atoms with Crippen LogP contribution in [0.25, 0.3) is 0 Å². The van der Waals surface area contributed by atoms with E-state index in [1.165, 1.54) is 0 Å². The molecule has 0 rings (SSSR count). The van der Waals surface area contributed by atoms with Crippen molar-refractivity contribution in [2.24, 2.45) is 4.99 Å². The molecule has 0 saturated carbocycles. The van der Waals surface area contributed by atoms with Crippen molar-refractivity contribution in [3.8, 4) is 0 Å². The van der Waals surface area contributed by atoms with E-state index in [0.29, 0.717) is 6.61 Å². The number of nitrogens with zero attached hydrogens (tertiary/aromatic N) is 3. The molecule has 0 aromatic rings. The molecule has 0 unspecified atom stereocenters. The Labute approximate surface area is 118 Å². The fraction of sp³-hybridized carbons (Fsp3) is 0.786. The van der Waals surface area contributed by atoms with E-state index in [1.807, 2.05) is 0 Å². The number of hydrogen-bond acceptors (Lipinski definition) is 4. The second kappa shape index (κ2) is 9.81. The van der Waals surface area contributed by atoms with Crippen LogP contribution < -0.4 is 5.32 Å². The highest BCUT2D eigenvalue weighted by molar-refractivity contribution is 5.97. The van der Waals surface area contributed by atoms with Gasteiger partial charge in [0.25, 0.3) is 0 Å². The third-order valence-electron chi connectivity index (χ3n) is 2.71. The molecule has 1 atom stereocenters. The van der Waals surface area contributed by atoms with Crippen LogP contribution in [-0.4, -0.2) is 76.7 Å². The molecule has 0 aliphatic carbocycles. The SMILES string of the molecule is C/N=C(N[C@H](C)COC)\C(C)=C\N(C)CCN(C)C. The summed E-state index contributed by atoms with van der Waals surface area (Å²) in [5.41, 5.74) is 1.13. The molecule has 0 heterocycles. The summed E-state index contributed by atoms with van der Waals surface area (Å²) >= 11 is 0. The molecule has 112 valence electrons. The Bertz CT molecular complexity index is 300. The van der Waals surface area contributed by atoms with Gasteiger partial charge in [-0.1, -0.05) is 0 Å². The van der Waals surface area contributed by atoms with E-state index < -0.39 is 0 Å². The number of likely N-dealkylation sites (N-methyl/N-ethyl adjacent to an activating group) is 2. The number of aliphatic imine (C=N–C) groups is 1. The minimum Gasteiger partial charge on any atom is -0.383 e. The number of hydrogen-bond donors (Lipinski definition) is 1. The van der Waals surface area contributed by atoms with Gasteiger partial charge in [0.05, 0.1) is 6.61 Å². The van der Waals surface area contributed by atoms with Crippen molar-refractivity contribution < 1.29 is 4.74 Å². The van der Waals surface area contributed by atoms with Crippen molar-refractivity contribution in [1.29, 1.82) is 0 Å². The molecular formula is C14H30N4O. The summed E-state index contributed by atoms with van der Waals surface area (Å²) in [5, 5.41) is 3.36. The van der Waals surface area contributed by atoms with Crippen LogP contribution in [0, 0.1) is 0 Å². The van der Waals surface area contributed by atoms with Crippen LogP contribution in [-0.2, 0) is 4.74 Å². The summed E-state index contributed by atoms with van der Waals surface area (Å²) in [6.07, 6.45) is 2.12. The number of nitrogens with one attached hydrogen (secondary N) is 1. The van der Waals surface area contributed by atoms with Crippen molar-refractivity contribution in [3.63, 3.8) is 0 Å². The van der Waals surface area contributed by atoms with Gasteiger partial charge in [-0.15, -0.1) is 0 Å². The second-order valence-electron chi connectivity index (χ2n) is 5.17. The van der Waals surface area contributed by atoms with Gasteiger partial charge in [0.15, 0.2) is 0 Å². The summed E-state index contributed by atoms with van der Waals surface area (Å²) in [6, 6.07) is 0.249. The zero-order valence-electron chi connectivity index (χ0n) is 13.5.